The molecule has 0 saturated heterocycles. The van der Waals surface area contributed by atoms with Crippen molar-refractivity contribution in [3.8, 4) is 11.6 Å². The molecule has 0 aliphatic carbocycles. The van der Waals surface area contributed by atoms with Crippen molar-refractivity contribution >= 4 is 17.3 Å². The van der Waals surface area contributed by atoms with E-state index in [-0.39, 0.29) is 5.41 Å². The normalized spacial score (nSPS) is 11.5. The molecular formula is C17H21ClN2O. The van der Waals surface area contributed by atoms with Crippen LogP contribution in [0.5, 0.6) is 11.6 Å². The van der Waals surface area contributed by atoms with Gasteiger partial charge in [-0.3, -0.25) is 0 Å². The Hall–Kier alpha value is -1.74. The molecule has 2 N–H and O–H groups in total. The Kier molecular flexibility index (Phi) is 4.43. The lowest BCUT2D eigenvalue weighted by Gasteiger charge is -2.23. The minimum absolute atomic E-state index is 0.0270. The number of hydrogen-bond donors (Lipinski definition) is 1. The van der Waals surface area contributed by atoms with Crippen molar-refractivity contribution in [2.75, 3.05) is 5.73 Å². The molecule has 0 saturated carbocycles. The predicted octanol–water partition coefficient (Wildman–Crippen LogP) is 4.97. The standard InChI is InChI=1S/C17H21ClN2O/c1-5-11-6-7-15(13(8-11)17(2,3)4)21-16-14(18)9-12(19)10-20-16/h6-10H,5,19H2,1-4H3. The molecule has 1 aromatic carbocycles. The summed E-state index contributed by atoms with van der Waals surface area (Å²) in [5.41, 5.74) is 8.56. The first-order valence-electron chi connectivity index (χ1n) is 7.03. The second kappa shape index (κ2) is 5.94. The highest BCUT2D eigenvalue weighted by Crippen LogP contribution is 2.36. The zero-order valence-electron chi connectivity index (χ0n) is 12.9. The molecule has 1 heterocycles. The van der Waals surface area contributed by atoms with Gasteiger partial charge >= 0.3 is 0 Å². The van der Waals surface area contributed by atoms with Crippen LogP contribution in [0.25, 0.3) is 0 Å². The lowest BCUT2D eigenvalue weighted by molar-refractivity contribution is 0.440. The molecule has 112 valence electrons. The fourth-order valence-electron chi connectivity index (χ4n) is 2.09. The second-order valence-electron chi connectivity index (χ2n) is 6.09. The van der Waals surface area contributed by atoms with Crippen molar-refractivity contribution in [3.63, 3.8) is 0 Å². The molecule has 21 heavy (non-hydrogen) atoms. The number of nitrogen functional groups attached to an aromatic ring is 1. The summed E-state index contributed by atoms with van der Waals surface area (Å²) in [6.07, 6.45) is 2.53. The Morgan fingerprint density at radius 3 is 2.52 bits per heavy atom. The fourth-order valence-corrected chi connectivity index (χ4v) is 2.30. The molecule has 3 nitrogen and oxygen atoms in total. The molecule has 2 rings (SSSR count). The van der Waals surface area contributed by atoms with Gasteiger partial charge in [0.05, 0.1) is 11.9 Å². The second-order valence-corrected chi connectivity index (χ2v) is 6.50. The molecule has 0 atom stereocenters. The van der Waals surface area contributed by atoms with Crippen molar-refractivity contribution < 1.29 is 4.74 Å². The van der Waals surface area contributed by atoms with Crippen LogP contribution in [0, 0.1) is 0 Å². The number of halogens is 1. The zero-order chi connectivity index (χ0) is 15.6. The average molecular weight is 305 g/mol. The topological polar surface area (TPSA) is 48.1 Å². The van der Waals surface area contributed by atoms with Crippen molar-refractivity contribution in [2.45, 2.75) is 39.5 Å². The van der Waals surface area contributed by atoms with E-state index < -0.39 is 0 Å². The van der Waals surface area contributed by atoms with E-state index in [2.05, 4.69) is 44.8 Å². The van der Waals surface area contributed by atoms with E-state index in [1.165, 1.54) is 5.56 Å². The van der Waals surface area contributed by atoms with Crippen LogP contribution in [0.2, 0.25) is 5.02 Å². The summed E-state index contributed by atoms with van der Waals surface area (Å²) < 4.78 is 5.92. The van der Waals surface area contributed by atoms with E-state index in [9.17, 15) is 0 Å². The summed E-state index contributed by atoms with van der Waals surface area (Å²) in [5, 5.41) is 0.412. The summed E-state index contributed by atoms with van der Waals surface area (Å²) >= 11 is 6.14. The minimum Gasteiger partial charge on any atom is -0.437 e. The maximum absolute atomic E-state index is 6.14. The minimum atomic E-state index is -0.0270. The van der Waals surface area contributed by atoms with Gasteiger partial charge in [0.25, 0.3) is 0 Å². The van der Waals surface area contributed by atoms with Crippen molar-refractivity contribution in [2.24, 2.45) is 0 Å². The fraction of sp³-hybridized carbons (Fsp3) is 0.353. The molecule has 0 unspecified atom stereocenters. The lowest BCUT2D eigenvalue weighted by atomic mass is 9.85. The molecule has 0 aliphatic heterocycles. The number of hydrogen-bond acceptors (Lipinski definition) is 3. The molecule has 0 aliphatic rings. The number of anilines is 1. The van der Waals surface area contributed by atoms with Gasteiger partial charge < -0.3 is 10.5 Å². The number of rotatable bonds is 3. The molecular weight excluding hydrogens is 284 g/mol. The molecule has 0 bridgehead atoms. The van der Waals surface area contributed by atoms with E-state index in [1.807, 2.05) is 6.07 Å². The van der Waals surface area contributed by atoms with E-state index in [0.29, 0.717) is 16.6 Å². The van der Waals surface area contributed by atoms with Crippen LogP contribution in [-0.4, -0.2) is 4.98 Å². The van der Waals surface area contributed by atoms with Gasteiger partial charge in [-0.25, -0.2) is 4.98 Å². The number of aryl methyl sites for hydroxylation is 1. The largest absolute Gasteiger partial charge is 0.437 e. The number of aromatic nitrogens is 1. The van der Waals surface area contributed by atoms with Gasteiger partial charge in [-0.1, -0.05) is 51.4 Å². The third kappa shape index (κ3) is 3.67. The first-order valence-corrected chi connectivity index (χ1v) is 7.41. The maximum atomic E-state index is 6.14. The molecule has 0 spiro atoms. The predicted molar refractivity (Wildman–Crippen MR) is 88.3 cm³/mol. The number of ether oxygens (including phenoxy) is 1. The van der Waals surface area contributed by atoms with Gasteiger partial charge in [-0.15, -0.1) is 0 Å². The van der Waals surface area contributed by atoms with Gasteiger partial charge in [0.15, 0.2) is 0 Å². The molecule has 0 fully saturated rings. The summed E-state index contributed by atoms with van der Waals surface area (Å²) in [7, 11) is 0. The number of nitrogens with zero attached hydrogens (tertiary/aromatic N) is 1. The number of nitrogens with two attached hydrogens (primary N) is 1. The quantitative estimate of drug-likeness (QED) is 0.871. The summed E-state index contributed by atoms with van der Waals surface area (Å²) in [6.45, 7) is 8.62. The number of pyridine rings is 1. The monoisotopic (exact) mass is 304 g/mol. The van der Waals surface area contributed by atoms with Gasteiger partial charge in [0.2, 0.25) is 5.88 Å². The average Bonchev–Trinajstić information content (AvgIpc) is 2.41. The highest BCUT2D eigenvalue weighted by atomic mass is 35.5. The molecule has 1 aromatic heterocycles. The van der Waals surface area contributed by atoms with Crippen LogP contribution in [0.4, 0.5) is 5.69 Å². The van der Waals surface area contributed by atoms with Crippen molar-refractivity contribution in [3.05, 3.63) is 46.6 Å². The molecule has 0 radical (unpaired) electrons. The van der Waals surface area contributed by atoms with Crippen LogP contribution in [0.3, 0.4) is 0 Å². The van der Waals surface area contributed by atoms with E-state index in [1.54, 1.807) is 12.3 Å². The first-order chi connectivity index (χ1) is 9.81. The van der Waals surface area contributed by atoms with Gasteiger partial charge in [-0.2, -0.15) is 0 Å². The third-order valence-electron chi connectivity index (χ3n) is 3.30. The van der Waals surface area contributed by atoms with Crippen LogP contribution in [-0.2, 0) is 11.8 Å². The highest BCUT2D eigenvalue weighted by Gasteiger charge is 2.20. The summed E-state index contributed by atoms with van der Waals surface area (Å²) in [4.78, 5) is 4.16. The summed E-state index contributed by atoms with van der Waals surface area (Å²) in [6, 6.07) is 7.87. The van der Waals surface area contributed by atoms with Crippen LogP contribution in [0.1, 0.15) is 38.8 Å². The maximum Gasteiger partial charge on any atom is 0.238 e. The molecule has 2 aromatic rings. The van der Waals surface area contributed by atoms with Crippen molar-refractivity contribution in [1.29, 1.82) is 0 Å². The van der Waals surface area contributed by atoms with Crippen LogP contribution >= 0.6 is 11.6 Å². The lowest BCUT2D eigenvalue weighted by Crippen LogP contribution is -2.13. The van der Waals surface area contributed by atoms with Crippen LogP contribution in [0.15, 0.2) is 30.5 Å². The smallest absolute Gasteiger partial charge is 0.238 e. The van der Waals surface area contributed by atoms with E-state index in [4.69, 9.17) is 22.1 Å². The Labute approximate surface area is 131 Å². The van der Waals surface area contributed by atoms with Crippen molar-refractivity contribution in [1.82, 2.24) is 4.98 Å². The van der Waals surface area contributed by atoms with Crippen LogP contribution < -0.4 is 10.5 Å². The summed E-state index contributed by atoms with van der Waals surface area (Å²) in [5.74, 6) is 1.15. The molecule has 0 amide bonds. The first kappa shape index (κ1) is 15.6. The SMILES string of the molecule is CCc1ccc(Oc2ncc(N)cc2Cl)c(C(C)(C)C)c1. The van der Waals surface area contributed by atoms with Gasteiger partial charge in [-0.05, 0) is 29.5 Å². The van der Waals surface area contributed by atoms with Gasteiger partial charge in [0, 0.05) is 5.56 Å². The Bertz CT molecular complexity index is 648. The van der Waals surface area contributed by atoms with Gasteiger partial charge in [0.1, 0.15) is 10.8 Å². The van der Waals surface area contributed by atoms with E-state index >= 15 is 0 Å². The third-order valence-corrected chi connectivity index (χ3v) is 3.57. The Balaban J connectivity index is 2.44. The highest BCUT2D eigenvalue weighted by molar-refractivity contribution is 6.32. The molecule has 4 heteroatoms. The Morgan fingerprint density at radius 2 is 1.95 bits per heavy atom. The zero-order valence-corrected chi connectivity index (χ0v) is 13.7. The Morgan fingerprint density at radius 1 is 1.24 bits per heavy atom. The van der Waals surface area contributed by atoms with E-state index in [0.717, 1.165) is 17.7 Å². The number of benzene rings is 1.